The minimum atomic E-state index is -0.879. The maximum absolute atomic E-state index is 10.5. The summed E-state index contributed by atoms with van der Waals surface area (Å²) in [4.78, 5) is 14.6. The van der Waals surface area contributed by atoms with Crippen LogP contribution in [0.2, 0.25) is 0 Å². The molecular weight excluding hydrogens is 204 g/mol. The van der Waals surface area contributed by atoms with Gasteiger partial charge in [0.05, 0.1) is 0 Å². The van der Waals surface area contributed by atoms with Crippen molar-refractivity contribution in [3.8, 4) is 0 Å². The van der Waals surface area contributed by atoms with Gasteiger partial charge in [-0.25, -0.2) is 4.79 Å². The second-order valence-corrected chi connectivity index (χ2v) is 3.61. The van der Waals surface area contributed by atoms with Crippen molar-refractivity contribution in [2.75, 3.05) is 6.54 Å². The van der Waals surface area contributed by atoms with Gasteiger partial charge in [-0.15, -0.1) is 0 Å². The van der Waals surface area contributed by atoms with Crippen LogP contribution in [0.5, 0.6) is 0 Å². The maximum atomic E-state index is 10.5. The number of carbonyl (C=O) groups is 1. The van der Waals surface area contributed by atoms with E-state index in [0.29, 0.717) is 12.1 Å². The Bertz CT molecular complexity index is 374. The highest BCUT2D eigenvalue weighted by Gasteiger charge is 2.03. The van der Waals surface area contributed by atoms with Crippen molar-refractivity contribution in [3.05, 3.63) is 41.7 Å². The molecule has 0 aliphatic rings. The molecule has 0 radical (unpaired) electrons. The average molecular weight is 220 g/mol. The highest BCUT2D eigenvalue weighted by atomic mass is 16.4. The van der Waals surface area contributed by atoms with Crippen LogP contribution in [0.1, 0.15) is 25.5 Å². The molecule has 1 aromatic heterocycles. The van der Waals surface area contributed by atoms with E-state index in [0.717, 1.165) is 5.56 Å². The van der Waals surface area contributed by atoms with E-state index >= 15 is 0 Å². The Morgan fingerprint density at radius 3 is 3.00 bits per heavy atom. The zero-order chi connectivity index (χ0) is 12.0. The molecule has 4 nitrogen and oxygen atoms in total. The minimum Gasteiger partial charge on any atom is -0.478 e. The number of pyridine rings is 1. The Morgan fingerprint density at radius 1 is 1.69 bits per heavy atom. The van der Waals surface area contributed by atoms with E-state index in [2.05, 4.69) is 10.3 Å². The topological polar surface area (TPSA) is 62.2 Å². The molecule has 16 heavy (non-hydrogen) atoms. The fraction of sp³-hybridized carbons (Fsp3) is 0.333. The van der Waals surface area contributed by atoms with E-state index in [9.17, 15) is 4.79 Å². The van der Waals surface area contributed by atoms with E-state index in [1.807, 2.05) is 19.1 Å². The van der Waals surface area contributed by atoms with Crippen LogP contribution in [0.15, 0.2) is 36.2 Å². The SMILES string of the molecule is C/C(=C/CN[C@H](C)c1cccnc1)C(=O)O. The first-order valence-corrected chi connectivity index (χ1v) is 5.14. The van der Waals surface area contributed by atoms with E-state index in [1.54, 1.807) is 25.4 Å². The van der Waals surface area contributed by atoms with Gasteiger partial charge < -0.3 is 10.4 Å². The van der Waals surface area contributed by atoms with Crippen LogP contribution < -0.4 is 5.32 Å². The van der Waals surface area contributed by atoms with Crippen molar-refractivity contribution in [3.63, 3.8) is 0 Å². The number of carboxylic acids is 1. The summed E-state index contributed by atoms with van der Waals surface area (Å²) < 4.78 is 0. The molecule has 1 heterocycles. The number of aliphatic carboxylic acids is 1. The summed E-state index contributed by atoms with van der Waals surface area (Å²) in [6.07, 6.45) is 5.19. The second-order valence-electron chi connectivity index (χ2n) is 3.61. The zero-order valence-corrected chi connectivity index (χ0v) is 9.47. The molecule has 0 saturated carbocycles. The lowest BCUT2D eigenvalue weighted by Crippen LogP contribution is -2.19. The standard InChI is InChI=1S/C12H16N2O2/c1-9(12(15)16)5-7-14-10(2)11-4-3-6-13-8-11/h3-6,8,10,14H,7H2,1-2H3,(H,15,16)/b9-5-/t10-/m1/s1. The van der Waals surface area contributed by atoms with Gasteiger partial charge in [0.1, 0.15) is 0 Å². The zero-order valence-electron chi connectivity index (χ0n) is 9.47. The van der Waals surface area contributed by atoms with Gasteiger partial charge in [-0.05, 0) is 25.5 Å². The lowest BCUT2D eigenvalue weighted by Gasteiger charge is -2.11. The first kappa shape index (κ1) is 12.4. The lowest BCUT2D eigenvalue weighted by molar-refractivity contribution is -0.132. The van der Waals surface area contributed by atoms with Gasteiger partial charge in [-0.1, -0.05) is 12.1 Å². The van der Waals surface area contributed by atoms with Gasteiger partial charge in [-0.2, -0.15) is 0 Å². The minimum absolute atomic E-state index is 0.159. The number of hydrogen-bond donors (Lipinski definition) is 2. The summed E-state index contributed by atoms with van der Waals surface area (Å²) in [5, 5.41) is 11.9. The summed E-state index contributed by atoms with van der Waals surface area (Å²) in [7, 11) is 0. The summed E-state index contributed by atoms with van der Waals surface area (Å²) >= 11 is 0. The molecule has 86 valence electrons. The highest BCUT2D eigenvalue weighted by molar-refractivity contribution is 5.85. The third-order valence-corrected chi connectivity index (χ3v) is 2.35. The molecule has 0 saturated heterocycles. The van der Waals surface area contributed by atoms with Crippen molar-refractivity contribution >= 4 is 5.97 Å². The molecule has 0 amide bonds. The summed E-state index contributed by atoms with van der Waals surface area (Å²) in [5.41, 5.74) is 1.44. The van der Waals surface area contributed by atoms with Crippen molar-refractivity contribution in [1.29, 1.82) is 0 Å². The molecular formula is C12H16N2O2. The molecule has 2 N–H and O–H groups in total. The van der Waals surface area contributed by atoms with E-state index < -0.39 is 5.97 Å². The Hall–Kier alpha value is -1.68. The summed E-state index contributed by atoms with van der Waals surface area (Å²) in [6, 6.07) is 4.02. The van der Waals surface area contributed by atoms with E-state index in [1.165, 1.54) is 0 Å². The van der Waals surface area contributed by atoms with E-state index in [4.69, 9.17) is 5.11 Å². The number of rotatable bonds is 5. The molecule has 1 rings (SSSR count). The third kappa shape index (κ3) is 3.82. The molecule has 1 atom stereocenters. The van der Waals surface area contributed by atoms with Crippen LogP contribution in [0.4, 0.5) is 0 Å². The fourth-order valence-corrected chi connectivity index (χ4v) is 1.23. The molecule has 0 aliphatic heterocycles. The highest BCUT2D eigenvalue weighted by Crippen LogP contribution is 2.09. The predicted octanol–water partition coefficient (Wildman–Crippen LogP) is 1.76. The van der Waals surface area contributed by atoms with Gasteiger partial charge in [0.2, 0.25) is 0 Å². The quantitative estimate of drug-likeness (QED) is 0.742. The summed E-state index contributed by atoms with van der Waals surface area (Å²) in [6.45, 7) is 4.13. The van der Waals surface area contributed by atoms with Crippen LogP contribution in [0.3, 0.4) is 0 Å². The Balaban J connectivity index is 2.45. The lowest BCUT2D eigenvalue weighted by atomic mass is 10.1. The normalized spacial score (nSPS) is 13.5. The monoisotopic (exact) mass is 220 g/mol. The van der Waals surface area contributed by atoms with Gasteiger partial charge in [0, 0.05) is 30.6 Å². The Kier molecular flexibility index (Phi) is 4.66. The fourth-order valence-electron chi connectivity index (χ4n) is 1.23. The predicted molar refractivity (Wildman–Crippen MR) is 62.0 cm³/mol. The molecule has 0 unspecified atom stereocenters. The Labute approximate surface area is 95.0 Å². The number of carboxylic acid groups (broad SMARTS) is 1. The molecule has 4 heteroatoms. The van der Waals surface area contributed by atoms with Crippen LogP contribution in [0, 0.1) is 0 Å². The van der Waals surface area contributed by atoms with Crippen LogP contribution in [-0.2, 0) is 4.79 Å². The molecule has 0 fully saturated rings. The van der Waals surface area contributed by atoms with Gasteiger partial charge >= 0.3 is 5.97 Å². The maximum Gasteiger partial charge on any atom is 0.330 e. The number of hydrogen-bond acceptors (Lipinski definition) is 3. The third-order valence-electron chi connectivity index (χ3n) is 2.35. The Morgan fingerprint density at radius 2 is 2.44 bits per heavy atom. The van der Waals surface area contributed by atoms with Gasteiger partial charge in [0.15, 0.2) is 0 Å². The van der Waals surface area contributed by atoms with E-state index in [-0.39, 0.29) is 6.04 Å². The largest absolute Gasteiger partial charge is 0.478 e. The molecule has 0 aliphatic carbocycles. The first-order valence-electron chi connectivity index (χ1n) is 5.14. The smallest absolute Gasteiger partial charge is 0.330 e. The molecule has 0 spiro atoms. The van der Waals surface area contributed by atoms with Gasteiger partial charge in [0.25, 0.3) is 0 Å². The van der Waals surface area contributed by atoms with Crippen LogP contribution >= 0.6 is 0 Å². The van der Waals surface area contributed by atoms with Crippen LogP contribution in [-0.4, -0.2) is 22.6 Å². The van der Waals surface area contributed by atoms with Crippen molar-refractivity contribution in [2.24, 2.45) is 0 Å². The van der Waals surface area contributed by atoms with Crippen molar-refractivity contribution in [2.45, 2.75) is 19.9 Å². The number of aromatic nitrogens is 1. The summed E-state index contributed by atoms with van der Waals surface area (Å²) in [5.74, 6) is -0.879. The number of nitrogens with one attached hydrogen (secondary N) is 1. The molecule has 0 bridgehead atoms. The number of nitrogens with zero attached hydrogens (tertiary/aromatic N) is 1. The molecule has 1 aromatic rings. The first-order chi connectivity index (χ1) is 7.61. The average Bonchev–Trinajstić information content (AvgIpc) is 2.29. The van der Waals surface area contributed by atoms with Crippen molar-refractivity contribution in [1.82, 2.24) is 10.3 Å². The molecule has 0 aromatic carbocycles. The van der Waals surface area contributed by atoms with Gasteiger partial charge in [-0.3, -0.25) is 4.98 Å². The second kappa shape index (κ2) is 6.02. The van der Waals surface area contributed by atoms with Crippen molar-refractivity contribution < 1.29 is 9.90 Å². The van der Waals surface area contributed by atoms with Crippen LogP contribution in [0.25, 0.3) is 0 Å².